The second kappa shape index (κ2) is 11.6. The van der Waals surface area contributed by atoms with Crippen LogP contribution in [-0.4, -0.2) is 36.9 Å². The maximum atomic E-state index is 14.5. The van der Waals surface area contributed by atoms with Crippen LogP contribution in [-0.2, 0) is 27.1 Å². The normalized spacial score (nSPS) is 11.8. The summed E-state index contributed by atoms with van der Waals surface area (Å²) in [6, 6.07) is 14.7. The average Bonchev–Trinajstić information content (AvgIpc) is 3.25. The Kier molecular flexibility index (Phi) is 8.55. The molecule has 0 amide bonds. The van der Waals surface area contributed by atoms with Crippen molar-refractivity contribution in [2.75, 3.05) is 19.8 Å². The van der Waals surface area contributed by atoms with Gasteiger partial charge in [0.05, 0.1) is 18.9 Å². The van der Waals surface area contributed by atoms with Gasteiger partial charge in [-0.05, 0) is 31.5 Å². The molecule has 2 aromatic carbocycles. The average molecular weight is 444 g/mol. The van der Waals surface area contributed by atoms with Crippen molar-refractivity contribution >= 4 is 17.3 Å². The number of thiazole rings is 1. The van der Waals surface area contributed by atoms with Crippen LogP contribution in [0.15, 0.2) is 53.9 Å². The summed E-state index contributed by atoms with van der Waals surface area (Å²) in [7, 11) is 0. The Balaban J connectivity index is 1.54. The Morgan fingerprint density at radius 2 is 1.94 bits per heavy atom. The number of esters is 1. The Morgan fingerprint density at radius 3 is 2.65 bits per heavy atom. The van der Waals surface area contributed by atoms with Gasteiger partial charge in [0.25, 0.3) is 0 Å². The highest BCUT2D eigenvalue weighted by molar-refractivity contribution is 7.13. The van der Waals surface area contributed by atoms with Crippen molar-refractivity contribution < 1.29 is 23.4 Å². The first-order chi connectivity index (χ1) is 15.1. The molecule has 0 aliphatic carbocycles. The number of halogens is 1. The first-order valence-electron chi connectivity index (χ1n) is 10.3. The fourth-order valence-electron chi connectivity index (χ4n) is 3.05. The van der Waals surface area contributed by atoms with Crippen LogP contribution in [0.5, 0.6) is 5.75 Å². The number of hydrogen-bond acceptors (Lipinski definition) is 6. The summed E-state index contributed by atoms with van der Waals surface area (Å²) < 4.78 is 30.6. The van der Waals surface area contributed by atoms with Gasteiger partial charge in [-0.15, -0.1) is 11.3 Å². The zero-order valence-corrected chi connectivity index (χ0v) is 18.5. The summed E-state index contributed by atoms with van der Waals surface area (Å²) >= 11 is 1.58. The monoisotopic (exact) mass is 443 g/mol. The highest BCUT2D eigenvalue weighted by Gasteiger charge is 2.21. The number of rotatable bonds is 11. The molecule has 0 spiro atoms. The molecule has 0 bridgehead atoms. The number of carbonyl (C=O) groups is 1. The first kappa shape index (κ1) is 22.9. The number of aromatic nitrogens is 1. The van der Waals surface area contributed by atoms with Crippen LogP contribution < -0.4 is 4.74 Å². The molecule has 1 unspecified atom stereocenters. The predicted molar refractivity (Wildman–Crippen MR) is 119 cm³/mol. The highest BCUT2D eigenvalue weighted by atomic mass is 32.1. The molecule has 0 saturated carbocycles. The highest BCUT2D eigenvalue weighted by Crippen LogP contribution is 2.24. The third kappa shape index (κ3) is 6.60. The second-order valence-corrected chi connectivity index (χ2v) is 7.63. The molecule has 3 rings (SSSR count). The van der Waals surface area contributed by atoms with E-state index in [9.17, 15) is 9.18 Å². The van der Waals surface area contributed by atoms with E-state index in [0.29, 0.717) is 25.2 Å². The fourth-order valence-corrected chi connectivity index (χ4v) is 3.91. The molecule has 7 heteroatoms. The van der Waals surface area contributed by atoms with Gasteiger partial charge in [-0.2, -0.15) is 0 Å². The van der Waals surface area contributed by atoms with E-state index in [1.54, 1.807) is 37.3 Å². The summed E-state index contributed by atoms with van der Waals surface area (Å²) in [5, 5.41) is 2.95. The van der Waals surface area contributed by atoms with Gasteiger partial charge in [-0.1, -0.05) is 36.4 Å². The molecule has 164 valence electrons. The summed E-state index contributed by atoms with van der Waals surface area (Å²) in [5.41, 5.74) is 2.63. The van der Waals surface area contributed by atoms with Crippen molar-refractivity contribution in [3.8, 4) is 16.3 Å². The molecule has 1 heterocycles. The number of hydrogen-bond donors (Lipinski definition) is 0. The van der Waals surface area contributed by atoms with E-state index in [2.05, 4.69) is 4.98 Å². The van der Waals surface area contributed by atoms with Crippen molar-refractivity contribution in [1.82, 2.24) is 4.98 Å². The SMILES string of the molecule is CCOC(=O)C(Cc1ccc(OCCc2csc(-c3ccccc3)n2)c(F)c1)OCC. The van der Waals surface area contributed by atoms with E-state index >= 15 is 0 Å². The molecule has 0 N–H and O–H groups in total. The van der Waals surface area contributed by atoms with E-state index in [0.717, 1.165) is 16.3 Å². The smallest absolute Gasteiger partial charge is 0.335 e. The maximum absolute atomic E-state index is 14.5. The van der Waals surface area contributed by atoms with Crippen LogP contribution >= 0.6 is 11.3 Å². The zero-order valence-electron chi connectivity index (χ0n) is 17.7. The van der Waals surface area contributed by atoms with Crippen molar-refractivity contribution in [2.45, 2.75) is 32.8 Å². The molecule has 1 atom stereocenters. The lowest BCUT2D eigenvalue weighted by Gasteiger charge is -2.16. The summed E-state index contributed by atoms with van der Waals surface area (Å²) in [5.74, 6) is -0.741. The Labute approximate surface area is 185 Å². The van der Waals surface area contributed by atoms with Gasteiger partial charge < -0.3 is 14.2 Å². The van der Waals surface area contributed by atoms with E-state index in [1.165, 1.54) is 6.07 Å². The first-order valence-corrected chi connectivity index (χ1v) is 11.2. The third-order valence-electron chi connectivity index (χ3n) is 4.52. The molecule has 31 heavy (non-hydrogen) atoms. The van der Waals surface area contributed by atoms with Crippen molar-refractivity contribution in [3.05, 3.63) is 71.0 Å². The lowest BCUT2D eigenvalue weighted by Crippen LogP contribution is -2.29. The predicted octanol–water partition coefficient (Wildman–Crippen LogP) is 5.08. The quantitative estimate of drug-likeness (QED) is 0.387. The summed E-state index contributed by atoms with van der Waals surface area (Å²) in [4.78, 5) is 16.6. The maximum Gasteiger partial charge on any atom is 0.335 e. The summed E-state index contributed by atoms with van der Waals surface area (Å²) in [6.45, 7) is 4.50. The summed E-state index contributed by atoms with van der Waals surface area (Å²) in [6.07, 6.45) is 0.0738. The Hall–Kier alpha value is -2.77. The molecule has 0 fully saturated rings. The van der Waals surface area contributed by atoms with Gasteiger partial charge in [-0.25, -0.2) is 14.2 Å². The Morgan fingerprint density at radius 1 is 1.13 bits per heavy atom. The molecule has 0 radical (unpaired) electrons. The van der Waals surface area contributed by atoms with Crippen molar-refractivity contribution in [2.24, 2.45) is 0 Å². The minimum absolute atomic E-state index is 0.173. The lowest BCUT2D eigenvalue weighted by atomic mass is 10.1. The lowest BCUT2D eigenvalue weighted by molar-refractivity contribution is -0.156. The third-order valence-corrected chi connectivity index (χ3v) is 5.46. The van der Waals surface area contributed by atoms with Crippen molar-refractivity contribution in [1.29, 1.82) is 0 Å². The van der Waals surface area contributed by atoms with E-state index in [1.807, 2.05) is 35.7 Å². The van der Waals surface area contributed by atoms with Gasteiger partial charge in [0, 0.05) is 30.4 Å². The molecular formula is C24H26FNO4S. The topological polar surface area (TPSA) is 57.7 Å². The van der Waals surface area contributed by atoms with E-state index < -0.39 is 17.9 Å². The van der Waals surface area contributed by atoms with Crippen LogP contribution in [0.1, 0.15) is 25.1 Å². The number of nitrogens with zero attached hydrogens (tertiary/aromatic N) is 1. The van der Waals surface area contributed by atoms with E-state index in [-0.39, 0.29) is 18.8 Å². The van der Waals surface area contributed by atoms with Gasteiger partial charge in [0.2, 0.25) is 0 Å². The van der Waals surface area contributed by atoms with Gasteiger partial charge in [0.1, 0.15) is 5.01 Å². The molecule has 5 nitrogen and oxygen atoms in total. The van der Waals surface area contributed by atoms with E-state index in [4.69, 9.17) is 14.2 Å². The van der Waals surface area contributed by atoms with Gasteiger partial charge in [0.15, 0.2) is 17.7 Å². The fraction of sp³-hybridized carbons (Fsp3) is 0.333. The van der Waals surface area contributed by atoms with Gasteiger partial charge in [-0.3, -0.25) is 0 Å². The van der Waals surface area contributed by atoms with Crippen LogP contribution in [0.2, 0.25) is 0 Å². The Bertz CT molecular complexity index is 977. The van der Waals surface area contributed by atoms with Gasteiger partial charge >= 0.3 is 5.97 Å². The minimum Gasteiger partial charge on any atom is -0.490 e. The largest absolute Gasteiger partial charge is 0.490 e. The molecule has 0 saturated heterocycles. The van der Waals surface area contributed by atoms with Crippen LogP contribution in [0.3, 0.4) is 0 Å². The standard InChI is InChI=1S/C24H26FNO4S/c1-3-28-22(24(27)29-4-2)15-17-10-11-21(20(25)14-17)30-13-12-19-16-31-23(26-19)18-8-6-5-7-9-18/h5-11,14,16,22H,3-4,12-13,15H2,1-2H3. The number of benzene rings is 2. The second-order valence-electron chi connectivity index (χ2n) is 6.77. The minimum atomic E-state index is -0.750. The molecule has 0 aliphatic rings. The van der Waals surface area contributed by atoms with Crippen LogP contribution in [0, 0.1) is 5.82 Å². The zero-order chi connectivity index (χ0) is 22.1. The molecular weight excluding hydrogens is 417 g/mol. The molecule has 1 aromatic heterocycles. The van der Waals surface area contributed by atoms with Crippen molar-refractivity contribution in [3.63, 3.8) is 0 Å². The van der Waals surface area contributed by atoms with Crippen LogP contribution in [0.25, 0.3) is 10.6 Å². The number of ether oxygens (including phenoxy) is 3. The van der Waals surface area contributed by atoms with Crippen LogP contribution in [0.4, 0.5) is 4.39 Å². The number of carbonyl (C=O) groups excluding carboxylic acids is 1. The molecule has 0 aliphatic heterocycles. The molecule has 3 aromatic rings.